The molecule has 70 valence electrons. The molecule has 1 saturated carbocycles. The Kier molecular flexibility index (Phi) is 2.37. The Labute approximate surface area is 74.5 Å². The van der Waals surface area contributed by atoms with E-state index < -0.39 is 0 Å². The van der Waals surface area contributed by atoms with Gasteiger partial charge < -0.3 is 10.5 Å². The molecule has 2 heteroatoms. The van der Waals surface area contributed by atoms with E-state index in [4.69, 9.17) is 10.5 Å². The second kappa shape index (κ2) is 3.35. The SMILES string of the molecule is CC1CC(N)C2CCCCC2O1. The quantitative estimate of drug-likeness (QED) is 0.599. The van der Waals surface area contributed by atoms with E-state index in [0.29, 0.717) is 24.2 Å². The molecule has 0 aromatic carbocycles. The first-order chi connectivity index (χ1) is 5.77. The molecule has 0 aromatic heterocycles. The number of ether oxygens (including phenoxy) is 1. The van der Waals surface area contributed by atoms with Crippen LogP contribution < -0.4 is 5.73 Å². The van der Waals surface area contributed by atoms with Gasteiger partial charge in [-0.3, -0.25) is 0 Å². The number of hydrogen-bond donors (Lipinski definition) is 1. The molecule has 1 aliphatic heterocycles. The summed E-state index contributed by atoms with van der Waals surface area (Å²) in [5.74, 6) is 0.662. The van der Waals surface area contributed by atoms with Crippen molar-refractivity contribution in [3.8, 4) is 0 Å². The molecule has 12 heavy (non-hydrogen) atoms. The maximum absolute atomic E-state index is 6.10. The zero-order valence-electron chi connectivity index (χ0n) is 7.83. The van der Waals surface area contributed by atoms with Gasteiger partial charge in [0.25, 0.3) is 0 Å². The van der Waals surface area contributed by atoms with Crippen LogP contribution >= 0.6 is 0 Å². The number of nitrogens with two attached hydrogens (primary N) is 1. The highest BCUT2D eigenvalue weighted by molar-refractivity contribution is 4.89. The molecule has 2 rings (SSSR count). The Morgan fingerprint density at radius 1 is 1.25 bits per heavy atom. The predicted molar refractivity (Wildman–Crippen MR) is 48.9 cm³/mol. The molecule has 2 fully saturated rings. The Morgan fingerprint density at radius 3 is 2.83 bits per heavy atom. The molecule has 0 radical (unpaired) electrons. The minimum Gasteiger partial charge on any atom is -0.375 e. The van der Waals surface area contributed by atoms with Crippen LogP contribution in [0.3, 0.4) is 0 Å². The Bertz CT molecular complexity index is 160. The molecule has 0 bridgehead atoms. The molecule has 4 atom stereocenters. The number of fused-ring (bicyclic) bond motifs is 1. The lowest BCUT2D eigenvalue weighted by Crippen LogP contribution is -2.48. The molecule has 0 aromatic rings. The van der Waals surface area contributed by atoms with Gasteiger partial charge >= 0.3 is 0 Å². The van der Waals surface area contributed by atoms with E-state index in [0.717, 1.165) is 6.42 Å². The molecule has 2 aliphatic rings. The topological polar surface area (TPSA) is 35.2 Å². The Balaban J connectivity index is 2.01. The number of hydrogen-bond acceptors (Lipinski definition) is 2. The van der Waals surface area contributed by atoms with Gasteiger partial charge in [-0.2, -0.15) is 0 Å². The summed E-state index contributed by atoms with van der Waals surface area (Å²) in [7, 11) is 0. The normalized spacial score (nSPS) is 48.5. The lowest BCUT2D eigenvalue weighted by Gasteiger charge is -2.42. The van der Waals surface area contributed by atoms with Gasteiger partial charge in [-0.25, -0.2) is 0 Å². The summed E-state index contributed by atoms with van der Waals surface area (Å²) in [5.41, 5.74) is 6.10. The largest absolute Gasteiger partial charge is 0.375 e. The maximum Gasteiger partial charge on any atom is 0.0621 e. The monoisotopic (exact) mass is 169 g/mol. The van der Waals surface area contributed by atoms with Crippen molar-refractivity contribution in [2.75, 3.05) is 0 Å². The first-order valence-electron chi connectivity index (χ1n) is 5.18. The van der Waals surface area contributed by atoms with Gasteiger partial charge in [-0.1, -0.05) is 12.8 Å². The highest BCUT2D eigenvalue weighted by atomic mass is 16.5. The molecule has 0 spiro atoms. The van der Waals surface area contributed by atoms with Crippen molar-refractivity contribution in [1.29, 1.82) is 0 Å². The van der Waals surface area contributed by atoms with Crippen LogP contribution in [0, 0.1) is 5.92 Å². The molecular weight excluding hydrogens is 150 g/mol. The summed E-state index contributed by atoms with van der Waals surface area (Å²) < 4.78 is 5.88. The summed E-state index contributed by atoms with van der Waals surface area (Å²) in [4.78, 5) is 0. The van der Waals surface area contributed by atoms with Crippen LogP contribution in [0.25, 0.3) is 0 Å². The van der Waals surface area contributed by atoms with E-state index in [1.165, 1.54) is 25.7 Å². The highest BCUT2D eigenvalue weighted by Gasteiger charge is 2.36. The fraction of sp³-hybridized carbons (Fsp3) is 1.00. The van der Waals surface area contributed by atoms with Gasteiger partial charge in [0.1, 0.15) is 0 Å². The average Bonchev–Trinajstić information content (AvgIpc) is 2.04. The first-order valence-corrected chi connectivity index (χ1v) is 5.18. The van der Waals surface area contributed by atoms with E-state index in [2.05, 4.69) is 6.92 Å². The van der Waals surface area contributed by atoms with Gasteiger partial charge in [-0.05, 0) is 26.2 Å². The van der Waals surface area contributed by atoms with E-state index in [-0.39, 0.29) is 0 Å². The summed E-state index contributed by atoms with van der Waals surface area (Å²) in [6.07, 6.45) is 7.15. The summed E-state index contributed by atoms with van der Waals surface area (Å²) in [5, 5.41) is 0. The van der Waals surface area contributed by atoms with Crippen LogP contribution in [0.2, 0.25) is 0 Å². The zero-order chi connectivity index (χ0) is 8.55. The van der Waals surface area contributed by atoms with Gasteiger partial charge in [0.2, 0.25) is 0 Å². The second-order valence-corrected chi connectivity index (χ2v) is 4.33. The van der Waals surface area contributed by atoms with E-state index >= 15 is 0 Å². The molecule has 1 aliphatic carbocycles. The minimum absolute atomic E-state index is 0.388. The van der Waals surface area contributed by atoms with Crippen molar-refractivity contribution >= 4 is 0 Å². The van der Waals surface area contributed by atoms with Gasteiger partial charge in [0.15, 0.2) is 0 Å². The van der Waals surface area contributed by atoms with Crippen LogP contribution in [-0.4, -0.2) is 18.2 Å². The van der Waals surface area contributed by atoms with Crippen molar-refractivity contribution in [2.24, 2.45) is 11.7 Å². The minimum atomic E-state index is 0.388. The molecule has 2 N–H and O–H groups in total. The summed E-state index contributed by atoms with van der Waals surface area (Å²) in [6.45, 7) is 2.14. The van der Waals surface area contributed by atoms with Crippen molar-refractivity contribution < 1.29 is 4.74 Å². The average molecular weight is 169 g/mol. The van der Waals surface area contributed by atoms with Gasteiger partial charge in [0, 0.05) is 12.0 Å². The van der Waals surface area contributed by atoms with Crippen molar-refractivity contribution in [2.45, 2.75) is 57.3 Å². The highest BCUT2D eigenvalue weighted by Crippen LogP contribution is 2.34. The van der Waals surface area contributed by atoms with Crippen LogP contribution in [0.5, 0.6) is 0 Å². The summed E-state index contributed by atoms with van der Waals surface area (Å²) >= 11 is 0. The Hall–Kier alpha value is -0.0800. The van der Waals surface area contributed by atoms with Crippen molar-refractivity contribution in [1.82, 2.24) is 0 Å². The third-order valence-electron chi connectivity index (χ3n) is 3.31. The third kappa shape index (κ3) is 1.50. The fourth-order valence-corrected chi connectivity index (χ4v) is 2.70. The summed E-state index contributed by atoms with van der Waals surface area (Å²) in [6, 6.07) is 0.402. The van der Waals surface area contributed by atoms with Crippen LogP contribution in [0.15, 0.2) is 0 Å². The van der Waals surface area contributed by atoms with Gasteiger partial charge in [0.05, 0.1) is 12.2 Å². The van der Waals surface area contributed by atoms with Crippen LogP contribution in [0.4, 0.5) is 0 Å². The lowest BCUT2D eigenvalue weighted by molar-refractivity contribution is -0.0991. The zero-order valence-corrected chi connectivity index (χ0v) is 7.83. The lowest BCUT2D eigenvalue weighted by atomic mass is 9.78. The smallest absolute Gasteiger partial charge is 0.0621 e. The predicted octanol–water partition coefficient (Wildman–Crippen LogP) is 1.68. The molecule has 0 amide bonds. The molecule has 1 saturated heterocycles. The van der Waals surface area contributed by atoms with E-state index in [1.54, 1.807) is 0 Å². The fourth-order valence-electron chi connectivity index (χ4n) is 2.70. The van der Waals surface area contributed by atoms with E-state index in [1.807, 2.05) is 0 Å². The van der Waals surface area contributed by atoms with Crippen molar-refractivity contribution in [3.63, 3.8) is 0 Å². The van der Waals surface area contributed by atoms with Crippen LogP contribution in [-0.2, 0) is 4.74 Å². The number of rotatable bonds is 0. The first kappa shape index (κ1) is 8.52. The van der Waals surface area contributed by atoms with Crippen LogP contribution in [0.1, 0.15) is 39.0 Å². The van der Waals surface area contributed by atoms with Crippen molar-refractivity contribution in [3.05, 3.63) is 0 Å². The maximum atomic E-state index is 6.10. The third-order valence-corrected chi connectivity index (χ3v) is 3.31. The van der Waals surface area contributed by atoms with Gasteiger partial charge in [-0.15, -0.1) is 0 Å². The molecule has 4 unspecified atom stereocenters. The molecule has 1 heterocycles. The standard InChI is InChI=1S/C10H19NO/c1-7-6-9(11)8-4-2-3-5-10(8)12-7/h7-10H,2-6,11H2,1H3. The second-order valence-electron chi connectivity index (χ2n) is 4.33. The molecular formula is C10H19NO. The van der Waals surface area contributed by atoms with E-state index in [9.17, 15) is 0 Å². The molecule has 2 nitrogen and oxygen atoms in total. The Morgan fingerprint density at radius 2 is 2.00 bits per heavy atom.